The van der Waals surface area contributed by atoms with E-state index < -0.39 is 0 Å². The van der Waals surface area contributed by atoms with Gasteiger partial charge in [-0.05, 0) is 125 Å². The fourth-order valence-corrected chi connectivity index (χ4v) is 8.10. The first-order chi connectivity index (χ1) is 27.8. The molecule has 0 spiro atoms. The average molecular weight is 751 g/mol. The smallest absolute Gasteiger partial charge is 0.00139 e. The van der Waals surface area contributed by atoms with Crippen LogP contribution in [-0.2, 0) is 10.8 Å². The molecule has 58 heavy (non-hydrogen) atoms. The summed E-state index contributed by atoms with van der Waals surface area (Å²) in [4.78, 5) is 0. The van der Waals surface area contributed by atoms with Gasteiger partial charge in [0.15, 0.2) is 0 Å². The summed E-state index contributed by atoms with van der Waals surface area (Å²) in [5.74, 6) is 0. The molecular weight excluding hydrogens is 697 g/mol. The van der Waals surface area contributed by atoms with E-state index in [9.17, 15) is 0 Å². The molecule has 0 saturated carbocycles. The van der Waals surface area contributed by atoms with E-state index in [1.165, 1.54) is 99.4 Å². The third-order valence-corrected chi connectivity index (χ3v) is 11.6. The number of rotatable bonds is 7. The SMILES string of the molecule is Cc1ccc(C=Cc2cc(-c3ccc(C(C)(C)C)cc3)c(-c3c(-c4ccc(C(C)(C)C)cc4)cc(C=Cc4ccc(C)cc4)c4ccccc34)c3ccccc23)cc1. The molecule has 0 atom stereocenters. The summed E-state index contributed by atoms with van der Waals surface area (Å²) in [6, 6.07) is 59.0. The molecule has 8 rings (SSSR count). The summed E-state index contributed by atoms with van der Waals surface area (Å²) < 4.78 is 0. The van der Waals surface area contributed by atoms with Crippen molar-refractivity contribution in [3.05, 3.63) is 202 Å². The first kappa shape index (κ1) is 38.6. The second-order valence-corrected chi connectivity index (χ2v) is 18.0. The van der Waals surface area contributed by atoms with Crippen LogP contribution in [0, 0.1) is 13.8 Å². The van der Waals surface area contributed by atoms with Crippen LogP contribution in [0.15, 0.2) is 158 Å². The van der Waals surface area contributed by atoms with E-state index in [2.05, 4.69) is 237 Å². The van der Waals surface area contributed by atoms with Crippen LogP contribution in [0.4, 0.5) is 0 Å². The zero-order chi connectivity index (χ0) is 40.6. The van der Waals surface area contributed by atoms with E-state index in [-0.39, 0.29) is 10.8 Å². The van der Waals surface area contributed by atoms with Gasteiger partial charge >= 0.3 is 0 Å². The summed E-state index contributed by atoms with van der Waals surface area (Å²) in [5, 5.41) is 4.95. The highest BCUT2D eigenvalue weighted by atomic mass is 14.3. The van der Waals surface area contributed by atoms with Gasteiger partial charge in [0.25, 0.3) is 0 Å². The fraction of sp³-hybridized carbons (Fsp3) is 0.172. The van der Waals surface area contributed by atoms with Crippen LogP contribution in [0.3, 0.4) is 0 Å². The number of benzene rings is 8. The number of hydrogen-bond donors (Lipinski definition) is 0. The Labute approximate surface area is 346 Å². The normalized spacial score (nSPS) is 12.3. The molecule has 0 unspecified atom stereocenters. The van der Waals surface area contributed by atoms with E-state index in [4.69, 9.17) is 0 Å². The average Bonchev–Trinajstić information content (AvgIpc) is 3.22. The summed E-state index contributed by atoms with van der Waals surface area (Å²) in [6.07, 6.45) is 9.10. The van der Waals surface area contributed by atoms with Crippen molar-refractivity contribution >= 4 is 45.8 Å². The van der Waals surface area contributed by atoms with E-state index >= 15 is 0 Å². The lowest BCUT2D eigenvalue weighted by atomic mass is 9.79. The predicted octanol–water partition coefficient (Wildman–Crippen LogP) is 16.5. The molecule has 8 aromatic carbocycles. The van der Waals surface area contributed by atoms with Crippen LogP contribution in [-0.4, -0.2) is 0 Å². The van der Waals surface area contributed by atoms with Gasteiger partial charge in [-0.2, -0.15) is 0 Å². The quantitative estimate of drug-likeness (QED) is 0.142. The lowest BCUT2D eigenvalue weighted by Gasteiger charge is -2.24. The molecule has 0 amide bonds. The van der Waals surface area contributed by atoms with Crippen molar-refractivity contribution in [1.82, 2.24) is 0 Å². The van der Waals surface area contributed by atoms with Gasteiger partial charge in [0.1, 0.15) is 0 Å². The Morgan fingerprint density at radius 2 is 0.672 bits per heavy atom. The van der Waals surface area contributed by atoms with Crippen molar-refractivity contribution in [3.63, 3.8) is 0 Å². The lowest BCUT2D eigenvalue weighted by molar-refractivity contribution is 0.590. The van der Waals surface area contributed by atoms with E-state index in [0.717, 1.165) is 0 Å². The lowest BCUT2D eigenvalue weighted by Crippen LogP contribution is -2.10. The van der Waals surface area contributed by atoms with Crippen molar-refractivity contribution in [2.75, 3.05) is 0 Å². The highest BCUT2D eigenvalue weighted by Crippen LogP contribution is 2.48. The van der Waals surface area contributed by atoms with Crippen LogP contribution in [0.2, 0.25) is 0 Å². The highest BCUT2D eigenvalue weighted by molar-refractivity contribution is 6.18. The molecule has 0 saturated heterocycles. The zero-order valence-electron chi connectivity index (χ0n) is 35.3. The third kappa shape index (κ3) is 7.98. The number of aryl methyl sites for hydroxylation is 2. The van der Waals surface area contributed by atoms with Crippen molar-refractivity contribution in [1.29, 1.82) is 0 Å². The Kier molecular flexibility index (Phi) is 10.4. The zero-order valence-corrected chi connectivity index (χ0v) is 35.3. The molecule has 0 aliphatic carbocycles. The summed E-state index contributed by atoms with van der Waals surface area (Å²) >= 11 is 0. The Morgan fingerprint density at radius 3 is 1.00 bits per heavy atom. The second kappa shape index (κ2) is 15.6. The van der Waals surface area contributed by atoms with Crippen molar-refractivity contribution < 1.29 is 0 Å². The van der Waals surface area contributed by atoms with E-state index in [1.54, 1.807) is 0 Å². The highest BCUT2D eigenvalue weighted by Gasteiger charge is 2.23. The summed E-state index contributed by atoms with van der Waals surface area (Å²) in [7, 11) is 0. The maximum Gasteiger partial charge on any atom is -0.00139 e. The largest absolute Gasteiger partial charge is 0.0616 e. The molecule has 0 nitrogen and oxygen atoms in total. The van der Waals surface area contributed by atoms with Gasteiger partial charge in [-0.25, -0.2) is 0 Å². The van der Waals surface area contributed by atoms with Crippen LogP contribution in [0.1, 0.15) is 86.1 Å². The summed E-state index contributed by atoms with van der Waals surface area (Å²) in [5.41, 5.74) is 17.5. The molecule has 286 valence electrons. The topological polar surface area (TPSA) is 0 Å². The van der Waals surface area contributed by atoms with Gasteiger partial charge in [0, 0.05) is 0 Å². The van der Waals surface area contributed by atoms with Gasteiger partial charge in [-0.15, -0.1) is 0 Å². The van der Waals surface area contributed by atoms with Gasteiger partial charge in [-0.3, -0.25) is 0 Å². The Hall–Kier alpha value is -6.24. The molecule has 0 aliphatic rings. The first-order valence-electron chi connectivity index (χ1n) is 20.7. The minimum absolute atomic E-state index is 0.0528. The van der Waals surface area contributed by atoms with Crippen LogP contribution >= 0.6 is 0 Å². The minimum Gasteiger partial charge on any atom is -0.0616 e. The van der Waals surface area contributed by atoms with E-state index in [0.29, 0.717) is 0 Å². The second-order valence-electron chi connectivity index (χ2n) is 18.0. The molecule has 0 heterocycles. The van der Waals surface area contributed by atoms with Crippen molar-refractivity contribution in [2.45, 2.75) is 66.2 Å². The molecule has 0 radical (unpaired) electrons. The number of hydrogen-bond acceptors (Lipinski definition) is 0. The van der Waals surface area contributed by atoms with Gasteiger partial charge in [-0.1, -0.05) is 223 Å². The molecule has 0 N–H and O–H groups in total. The van der Waals surface area contributed by atoms with Gasteiger partial charge in [0.2, 0.25) is 0 Å². The van der Waals surface area contributed by atoms with Crippen molar-refractivity contribution in [2.24, 2.45) is 0 Å². The van der Waals surface area contributed by atoms with E-state index in [1.807, 2.05) is 0 Å². The Morgan fingerprint density at radius 1 is 0.345 bits per heavy atom. The summed E-state index contributed by atoms with van der Waals surface area (Å²) in [6.45, 7) is 18.0. The molecule has 0 aliphatic heterocycles. The van der Waals surface area contributed by atoms with Crippen LogP contribution < -0.4 is 0 Å². The molecule has 8 aromatic rings. The monoisotopic (exact) mass is 750 g/mol. The maximum absolute atomic E-state index is 2.43. The molecule has 0 heteroatoms. The third-order valence-electron chi connectivity index (χ3n) is 11.6. The predicted molar refractivity (Wildman–Crippen MR) is 255 cm³/mol. The van der Waals surface area contributed by atoms with Gasteiger partial charge in [0.05, 0.1) is 0 Å². The molecule has 0 fully saturated rings. The molecular formula is C58H54. The van der Waals surface area contributed by atoms with Crippen molar-refractivity contribution in [3.8, 4) is 33.4 Å². The Balaban J connectivity index is 1.46. The fourth-order valence-electron chi connectivity index (χ4n) is 8.10. The molecule has 0 aromatic heterocycles. The standard InChI is InChI=1S/C58H54/c1-39-17-21-41(22-18-39)25-27-45-37-53(43-29-33-47(34-30-43)57(3,4)5)55(51-15-11-9-13-49(45)51)56-52-16-12-10-14-50(52)46(28-26-42-23-19-40(2)20-24-42)38-54(56)44-31-35-48(36-32-44)58(6,7)8/h9-38H,1-8H3. The first-order valence-corrected chi connectivity index (χ1v) is 20.7. The van der Waals surface area contributed by atoms with Crippen LogP contribution in [0.5, 0.6) is 0 Å². The van der Waals surface area contributed by atoms with Gasteiger partial charge < -0.3 is 0 Å². The number of fused-ring (bicyclic) bond motifs is 2. The maximum atomic E-state index is 2.43. The van der Waals surface area contributed by atoms with Crippen LogP contribution in [0.25, 0.3) is 79.2 Å². The minimum atomic E-state index is 0.0528. The Bertz CT molecular complexity index is 2590. The molecule has 0 bridgehead atoms.